The number of nitrogens with zero attached hydrogens (tertiary/aromatic N) is 1. The maximum Gasteiger partial charge on any atom is 0.254 e. The standard InChI is InChI=1S/C20H21FN2O/c21-17-12-14(7-9-18(17)22)20(24)23-11-3-6-16-15-5-2-1-4-13(15)8-10-19(16)23/h1-2,4-5,7,9,12,16,19H,3,6,8,10-11,22H2/t16-,19+/m0/s1. The van der Waals surface area contributed by atoms with Crippen LogP contribution in [0.2, 0.25) is 0 Å². The van der Waals surface area contributed by atoms with Gasteiger partial charge < -0.3 is 10.6 Å². The number of carbonyl (C=O) groups excluding carboxylic acids is 1. The number of hydrogen-bond acceptors (Lipinski definition) is 2. The van der Waals surface area contributed by atoms with Crippen molar-refractivity contribution in [2.24, 2.45) is 0 Å². The summed E-state index contributed by atoms with van der Waals surface area (Å²) in [6.45, 7) is 0.744. The van der Waals surface area contributed by atoms with Crippen molar-refractivity contribution in [3.8, 4) is 0 Å². The van der Waals surface area contributed by atoms with Gasteiger partial charge in [0.1, 0.15) is 5.82 Å². The number of nitrogen functional groups attached to an aromatic ring is 1. The lowest BCUT2D eigenvalue weighted by atomic mass is 9.74. The van der Waals surface area contributed by atoms with Crippen LogP contribution in [0.25, 0.3) is 0 Å². The van der Waals surface area contributed by atoms with Gasteiger partial charge in [0, 0.05) is 24.1 Å². The monoisotopic (exact) mass is 324 g/mol. The number of rotatable bonds is 1. The molecule has 1 saturated heterocycles. The molecule has 1 amide bonds. The first-order chi connectivity index (χ1) is 11.6. The molecule has 1 fully saturated rings. The van der Waals surface area contributed by atoms with Crippen LogP contribution in [0.5, 0.6) is 0 Å². The molecule has 0 aromatic heterocycles. The van der Waals surface area contributed by atoms with Gasteiger partial charge >= 0.3 is 0 Å². The molecule has 1 aliphatic heterocycles. The van der Waals surface area contributed by atoms with Crippen LogP contribution in [0, 0.1) is 5.82 Å². The van der Waals surface area contributed by atoms with Gasteiger partial charge in [0.25, 0.3) is 5.91 Å². The summed E-state index contributed by atoms with van der Waals surface area (Å²) in [6.07, 6.45) is 4.07. The zero-order chi connectivity index (χ0) is 16.7. The molecule has 1 aliphatic carbocycles. The number of likely N-dealkylation sites (tertiary alicyclic amines) is 1. The molecular formula is C20H21FN2O. The van der Waals surface area contributed by atoms with Crippen LogP contribution in [-0.4, -0.2) is 23.4 Å². The van der Waals surface area contributed by atoms with E-state index in [0.717, 1.165) is 32.2 Å². The van der Waals surface area contributed by atoms with Crippen LogP contribution >= 0.6 is 0 Å². The van der Waals surface area contributed by atoms with Crippen molar-refractivity contribution >= 4 is 11.6 Å². The number of hydrogen-bond donors (Lipinski definition) is 1. The summed E-state index contributed by atoms with van der Waals surface area (Å²) in [7, 11) is 0. The number of fused-ring (bicyclic) bond motifs is 3. The van der Waals surface area contributed by atoms with Gasteiger partial charge in [-0.1, -0.05) is 24.3 Å². The van der Waals surface area contributed by atoms with Crippen molar-refractivity contribution < 1.29 is 9.18 Å². The number of nitrogens with two attached hydrogens (primary N) is 1. The van der Waals surface area contributed by atoms with Gasteiger partial charge in [0.2, 0.25) is 0 Å². The summed E-state index contributed by atoms with van der Waals surface area (Å²) in [5.74, 6) is -0.211. The summed E-state index contributed by atoms with van der Waals surface area (Å²) >= 11 is 0. The third kappa shape index (κ3) is 2.46. The maximum atomic E-state index is 13.7. The summed E-state index contributed by atoms with van der Waals surface area (Å²) in [6, 6.07) is 13.1. The lowest BCUT2D eigenvalue weighted by Crippen LogP contribution is -2.49. The summed E-state index contributed by atoms with van der Waals surface area (Å²) in [4.78, 5) is 14.9. The highest BCUT2D eigenvalue weighted by molar-refractivity contribution is 5.95. The lowest BCUT2D eigenvalue weighted by molar-refractivity contribution is 0.0546. The molecule has 0 radical (unpaired) electrons. The second-order valence-electron chi connectivity index (χ2n) is 6.79. The van der Waals surface area contributed by atoms with Crippen LogP contribution in [-0.2, 0) is 6.42 Å². The van der Waals surface area contributed by atoms with Crippen molar-refractivity contribution in [2.75, 3.05) is 12.3 Å². The predicted molar refractivity (Wildman–Crippen MR) is 92.4 cm³/mol. The molecular weight excluding hydrogens is 303 g/mol. The molecule has 2 aromatic carbocycles. The Bertz CT molecular complexity index is 789. The molecule has 1 heterocycles. The van der Waals surface area contributed by atoms with E-state index >= 15 is 0 Å². The average Bonchev–Trinajstić information content (AvgIpc) is 2.62. The van der Waals surface area contributed by atoms with Crippen LogP contribution < -0.4 is 5.73 Å². The zero-order valence-electron chi connectivity index (χ0n) is 13.5. The third-order valence-electron chi connectivity index (χ3n) is 5.45. The largest absolute Gasteiger partial charge is 0.396 e. The number of anilines is 1. The molecule has 2 atom stereocenters. The molecule has 0 unspecified atom stereocenters. The fourth-order valence-corrected chi connectivity index (χ4v) is 4.28. The van der Waals surface area contributed by atoms with E-state index in [1.54, 1.807) is 6.07 Å². The fraction of sp³-hybridized carbons (Fsp3) is 0.350. The molecule has 0 spiro atoms. The van der Waals surface area contributed by atoms with Crippen molar-refractivity contribution in [2.45, 2.75) is 37.6 Å². The number of aryl methyl sites for hydroxylation is 1. The first-order valence-corrected chi connectivity index (χ1v) is 8.59. The second kappa shape index (κ2) is 5.93. The van der Waals surface area contributed by atoms with E-state index in [1.807, 2.05) is 4.90 Å². The zero-order valence-corrected chi connectivity index (χ0v) is 13.5. The third-order valence-corrected chi connectivity index (χ3v) is 5.45. The molecule has 2 aromatic rings. The van der Waals surface area contributed by atoms with Crippen LogP contribution in [0.4, 0.5) is 10.1 Å². The molecule has 2 aliphatic rings. The molecule has 4 rings (SSSR count). The Kier molecular flexibility index (Phi) is 3.75. The van der Waals surface area contributed by atoms with E-state index < -0.39 is 5.82 Å². The predicted octanol–water partition coefficient (Wildman–Crippen LogP) is 3.74. The summed E-state index contributed by atoms with van der Waals surface area (Å²) < 4.78 is 13.7. The van der Waals surface area contributed by atoms with E-state index in [-0.39, 0.29) is 17.6 Å². The van der Waals surface area contributed by atoms with Crippen LogP contribution in [0.3, 0.4) is 0 Å². The molecule has 2 N–H and O–H groups in total. The molecule has 4 heteroatoms. The molecule has 0 bridgehead atoms. The average molecular weight is 324 g/mol. The van der Waals surface area contributed by atoms with E-state index in [1.165, 1.54) is 23.3 Å². The van der Waals surface area contributed by atoms with Crippen molar-refractivity contribution in [3.05, 3.63) is 65.0 Å². The summed E-state index contributed by atoms with van der Waals surface area (Å²) in [5.41, 5.74) is 8.79. The number of halogens is 1. The number of piperidine rings is 1. The van der Waals surface area contributed by atoms with E-state index in [0.29, 0.717) is 11.5 Å². The molecule has 124 valence electrons. The molecule has 3 nitrogen and oxygen atoms in total. The highest BCUT2D eigenvalue weighted by atomic mass is 19.1. The minimum atomic E-state index is -0.525. The minimum Gasteiger partial charge on any atom is -0.396 e. The number of benzene rings is 2. The minimum absolute atomic E-state index is 0.0784. The Morgan fingerprint density at radius 3 is 2.83 bits per heavy atom. The van der Waals surface area contributed by atoms with Gasteiger partial charge in [-0.25, -0.2) is 4.39 Å². The number of carbonyl (C=O) groups is 1. The Balaban J connectivity index is 1.64. The van der Waals surface area contributed by atoms with Gasteiger partial charge in [0.15, 0.2) is 0 Å². The highest BCUT2D eigenvalue weighted by Gasteiger charge is 2.38. The van der Waals surface area contributed by atoms with E-state index in [2.05, 4.69) is 24.3 Å². The quantitative estimate of drug-likeness (QED) is 0.812. The highest BCUT2D eigenvalue weighted by Crippen LogP contribution is 2.41. The smallest absolute Gasteiger partial charge is 0.254 e. The first kappa shape index (κ1) is 15.2. The Hall–Kier alpha value is -2.36. The van der Waals surface area contributed by atoms with Gasteiger partial charge in [-0.15, -0.1) is 0 Å². The van der Waals surface area contributed by atoms with E-state index in [4.69, 9.17) is 5.73 Å². The molecule has 24 heavy (non-hydrogen) atoms. The molecule has 0 saturated carbocycles. The Morgan fingerprint density at radius 1 is 1.17 bits per heavy atom. The Labute approximate surface area is 141 Å². The van der Waals surface area contributed by atoms with Crippen molar-refractivity contribution in [3.63, 3.8) is 0 Å². The van der Waals surface area contributed by atoms with Crippen LogP contribution in [0.1, 0.15) is 46.7 Å². The summed E-state index contributed by atoms with van der Waals surface area (Å²) in [5, 5.41) is 0. The SMILES string of the molecule is Nc1ccc(C(=O)N2CCC[C@H]3c4ccccc4CC[C@H]32)cc1F. The second-order valence-corrected chi connectivity index (χ2v) is 6.79. The van der Waals surface area contributed by atoms with Gasteiger partial charge in [-0.3, -0.25) is 4.79 Å². The van der Waals surface area contributed by atoms with Gasteiger partial charge in [0.05, 0.1) is 5.69 Å². The first-order valence-electron chi connectivity index (χ1n) is 8.59. The van der Waals surface area contributed by atoms with Crippen molar-refractivity contribution in [1.82, 2.24) is 4.90 Å². The lowest BCUT2D eigenvalue weighted by Gasteiger charge is -2.45. The number of amides is 1. The Morgan fingerprint density at radius 2 is 2.00 bits per heavy atom. The van der Waals surface area contributed by atoms with Crippen LogP contribution in [0.15, 0.2) is 42.5 Å². The van der Waals surface area contributed by atoms with Gasteiger partial charge in [-0.05, 0) is 55.0 Å². The van der Waals surface area contributed by atoms with Crippen molar-refractivity contribution in [1.29, 1.82) is 0 Å². The van der Waals surface area contributed by atoms with E-state index in [9.17, 15) is 9.18 Å². The fourth-order valence-electron chi connectivity index (χ4n) is 4.28. The normalized spacial score (nSPS) is 22.6. The topological polar surface area (TPSA) is 46.3 Å². The maximum absolute atomic E-state index is 13.7. The van der Waals surface area contributed by atoms with Gasteiger partial charge in [-0.2, -0.15) is 0 Å².